The van der Waals surface area contributed by atoms with E-state index in [9.17, 15) is 4.79 Å². The third-order valence-electron chi connectivity index (χ3n) is 3.38. The molecule has 2 heterocycles. The van der Waals surface area contributed by atoms with Gasteiger partial charge in [-0.25, -0.2) is 4.98 Å². The second kappa shape index (κ2) is 5.40. The van der Waals surface area contributed by atoms with E-state index in [1.807, 2.05) is 18.2 Å². The molecular formula is C15H15BrN2O2. The SMILES string of the molecule is CCCc1nc(-c2ccc3c(c2)CCO3)[nH]c(=O)c1Br. The number of rotatable bonds is 3. The number of aromatic nitrogens is 2. The van der Waals surface area contributed by atoms with Crippen LogP contribution < -0.4 is 10.3 Å². The molecule has 1 aromatic heterocycles. The number of halogens is 1. The van der Waals surface area contributed by atoms with E-state index < -0.39 is 0 Å². The largest absolute Gasteiger partial charge is 0.493 e. The molecule has 1 aliphatic rings. The summed E-state index contributed by atoms with van der Waals surface area (Å²) in [4.78, 5) is 19.4. The van der Waals surface area contributed by atoms with Crippen molar-refractivity contribution in [2.24, 2.45) is 0 Å². The van der Waals surface area contributed by atoms with Gasteiger partial charge in [-0.2, -0.15) is 0 Å². The van der Waals surface area contributed by atoms with Crippen molar-refractivity contribution in [3.63, 3.8) is 0 Å². The smallest absolute Gasteiger partial charge is 0.265 e. The van der Waals surface area contributed by atoms with Crippen molar-refractivity contribution in [3.8, 4) is 17.1 Å². The van der Waals surface area contributed by atoms with E-state index in [0.717, 1.165) is 42.9 Å². The van der Waals surface area contributed by atoms with Crippen molar-refractivity contribution in [1.29, 1.82) is 0 Å². The third kappa shape index (κ3) is 2.38. The van der Waals surface area contributed by atoms with Gasteiger partial charge in [0, 0.05) is 12.0 Å². The highest BCUT2D eigenvalue weighted by Crippen LogP contribution is 2.29. The number of benzene rings is 1. The molecule has 1 aliphatic heterocycles. The zero-order valence-corrected chi connectivity index (χ0v) is 12.8. The van der Waals surface area contributed by atoms with Crippen LogP contribution in [-0.2, 0) is 12.8 Å². The lowest BCUT2D eigenvalue weighted by Gasteiger charge is -2.07. The van der Waals surface area contributed by atoms with Gasteiger partial charge in [0.15, 0.2) is 0 Å². The minimum absolute atomic E-state index is 0.129. The Balaban J connectivity index is 2.08. The lowest BCUT2D eigenvalue weighted by molar-refractivity contribution is 0.357. The Hall–Kier alpha value is -1.62. The molecule has 0 atom stereocenters. The molecule has 0 spiro atoms. The number of aryl methyl sites for hydroxylation is 1. The van der Waals surface area contributed by atoms with Gasteiger partial charge >= 0.3 is 0 Å². The van der Waals surface area contributed by atoms with Crippen LogP contribution in [-0.4, -0.2) is 16.6 Å². The maximum Gasteiger partial charge on any atom is 0.265 e. The predicted octanol–water partition coefficient (Wildman–Crippen LogP) is 3.09. The van der Waals surface area contributed by atoms with Crippen LogP contribution in [0.4, 0.5) is 0 Å². The number of hydrogen-bond acceptors (Lipinski definition) is 3. The number of fused-ring (bicyclic) bond motifs is 1. The number of ether oxygens (including phenoxy) is 1. The Labute approximate surface area is 125 Å². The molecule has 3 rings (SSSR count). The molecule has 4 nitrogen and oxygen atoms in total. The summed E-state index contributed by atoms with van der Waals surface area (Å²) in [6.07, 6.45) is 2.64. The Morgan fingerprint density at radius 3 is 3.10 bits per heavy atom. The van der Waals surface area contributed by atoms with Gasteiger partial charge in [0.05, 0.1) is 12.3 Å². The summed E-state index contributed by atoms with van der Waals surface area (Å²) in [6, 6.07) is 5.93. The van der Waals surface area contributed by atoms with Gasteiger partial charge in [-0.1, -0.05) is 13.3 Å². The fourth-order valence-corrected chi connectivity index (χ4v) is 2.76. The second-order valence-corrected chi connectivity index (χ2v) is 5.64. The van der Waals surface area contributed by atoms with Crippen molar-refractivity contribution in [2.45, 2.75) is 26.2 Å². The predicted molar refractivity (Wildman–Crippen MR) is 81.2 cm³/mol. The van der Waals surface area contributed by atoms with Gasteiger partial charge in [-0.15, -0.1) is 0 Å². The van der Waals surface area contributed by atoms with Crippen molar-refractivity contribution >= 4 is 15.9 Å². The average molecular weight is 335 g/mol. The summed E-state index contributed by atoms with van der Waals surface area (Å²) in [5.74, 6) is 1.55. The van der Waals surface area contributed by atoms with Crippen molar-refractivity contribution in [1.82, 2.24) is 9.97 Å². The molecular weight excluding hydrogens is 320 g/mol. The van der Waals surface area contributed by atoms with Gasteiger partial charge in [0.1, 0.15) is 16.0 Å². The normalized spacial score (nSPS) is 13.1. The quantitative estimate of drug-likeness (QED) is 0.938. The molecule has 0 aliphatic carbocycles. The fourth-order valence-electron chi connectivity index (χ4n) is 2.38. The third-order valence-corrected chi connectivity index (χ3v) is 4.20. The topological polar surface area (TPSA) is 55.0 Å². The van der Waals surface area contributed by atoms with Crippen LogP contribution in [0, 0.1) is 0 Å². The molecule has 2 aromatic rings. The molecule has 0 radical (unpaired) electrons. The Morgan fingerprint density at radius 2 is 2.30 bits per heavy atom. The number of H-pyrrole nitrogens is 1. The number of aromatic amines is 1. The van der Waals surface area contributed by atoms with Crippen molar-refractivity contribution in [3.05, 3.63) is 44.3 Å². The Morgan fingerprint density at radius 1 is 1.45 bits per heavy atom. The zero-order chi connectivity index (χ0) is 14.1. The molecule has 0 fully saturated rings. The molecule has 0 unspecified atom stereocenters. The van der Waals surface area contributed by atoms with Crippen LogP contribution >= 0.6 is 15.9 Å². The lowest BCUT2D eigenvalue weighted by Crippen LogP contribution is -2.13. The highest BCUT2D eigenvalue weighted by atomic mass is 79.9. The molecule has 20 heavy (non-hydrogen) atoms. The van der Waals surface area contributed by atoms with E-state index in [1.165, 1.54) is 5.56 Å². The van der Waals surface area contributed by atoms with Crippen LogP contribution in [0.1, 0.15) is 24.6 Å². The van der Waals surface area contributed by atoms with Gasteiger partial charge in [-0.05, 0) is 46.1 Å². The summed E-state index contributed by atoms with van der Waals surface area (Å²) < 4.78 is 6.03. The summed E-state index contributed by atoms with van der Waals surface area (Å²) >= 11 is 3.31. The first-order chi connectivity index (χ1) is 9.69. The van der Waals surface area contributed by atoms with Crippen LogP contribution in [0.2, 0.25) is 0 Å². The Bertz CT molecular complexity index is 710. The molecule has 0 amide bonds. The fraction of sp³-hybridized carbons (Fsp3) is 0.333. The zero-order valence-electron chi connectivity index (χ0n) is 11.2. The molecule has 1 N–H and O–H groups in total. The first-order valence-electron chi connectivity index (χ1n) is 6.74. The van der Waals surface area contributed by atoms with E-state index in [-0.39, 0.29) is 5.56 Å². The average Bonchev–Trinajstić information content (AvgIpc) is 2.91. The van der Waals surface area contributed by atoms with E-state index >= 15 is 0 Å². The van der Waals surface area contributed by atoms with Gasteiger partial charge in [0.2, 0.25) is 0 Å². The number of nitrogens with one attached hydrogen (secondary N) is 1. The summed E-state index contributed by atoms with van der Waals surface area (Å²) in [6.45, 7) is 2.80. The highest BCUT2D eigenvalue weighted by Gasteiger charge is 2.15. The molecule has 0 saturated heterocycles. The lowest BCUT2D eigenvalue weighted by atomic mass is 10.1. The van der Waals surface area contributed by atoms with E-state index in [2.05, 4.69) is 32.8 Å². The minimum atomic E-state index is -0.129. The molecule has 1 aromatic carbocycles. The van der Waals surface area contributed by atoms with E-state index in [4.69, 9.17) is 4.74 Å². The van der Waals surface area contributed by atoms with Crippen LogP contribution in [0.3, 0.4) is 0 Å². The monoisotopic (exact) mass is 334 g/mol. The highest BCUT2D eigenvalue weighted by molar-refractivity contribution is 9.10. The molecule has 0 bridgehead atoms. The van der Waals surface area contributed by atoms with Crippen LogP contribution in [0.25, 0.3) is 11.4 Å². The Kier molecular flexibility index (Phi) is 3.61. The first-order valence-corrected chi connectivity index (χ1v) is 7.53. The maximum absolute atomic E-state index is 12.0. The first kappa shape index (κ1) is 13.4. The maximum atomic E-state index is 12.0. The van der Waals surface area contributed by atoms with Gasteiger partial charge < -0.3 is 9.72 Å². The molecule has 0 saturated carbocycles. The van der Waals surface area contributed by atoms with E-state index in [1.54, 1.807) is 0 Å². The van der Waals surface area contributed by atoms with Crippen molar-refractivity contribution < 1.29 is 4.74 Å². The van der Waals surface area contributed by atoms with E-state index in [0.29, 0.717) is 10.3 Å². The summed E-state index contributed by atoms with van der Waals surface area (Å²) in [5.41, 5.74) is 2.78. The standard InChI is InChI=1S/C15H15BrN2O2/c1-2-3-11-13(16)15(19)18-14(17-11)10-4-5-12-9(8-10)6-7-20-12/h4-5,8H,2-3,6-7H2,1H3,(H,17,18,19). The number of hydrogen-bond donors (Lipinski definition) is 1. The van der Waals surface area contributed by atoms with Crippen molar-refractivity contribution in [2.75, 3.05) is 6.61 Å². The van der Waals surface area contributed by atoms with Crippen LogP contribution in [0.5, 0.6) is 5.75 Å². The molecule has 5 heteroatoms. The number of nitrogens with zero attached hydrogens (tertiary/aromatic N) is 1. The summed E-state index contributed by atoms with van der Waals surface area (Å²) in [7, 11) is 0. The molecule has 104 valence electrons. The second-order valence-electron chi connectivity index (χ2n) is 4.85. The van der Waals surface area contributed by atoms with Gasteiger partial charge in [-0.3, -0.25) is 4.79 Å². The minimum Gasteiger partial charge on any atom is -0.493 e. The van der Waals surface area contributed by atoms with Crippen LogP contribution in [0.15, 0.2) is 27.5 Å². The summed E-state index contributed by atoms with van der Waals surface area (Å²) in [5, 5.41) is 0. The van der Waals surface area contributed by atoms with Gasteiger partial charge in [0.25, 0.3) is 5.56 Å².